The third-order valence-electron chi connectivity index (χ3n) is 9.05. The van der Waals surface area contributed by atoms with Gasteiger partial charge in [-0.1, -0.05) is 12.6 Å². The Morgan fingerprint density at radius 1 is 1.13 bits per heavy atom. The van der Waals surface area contributed by atoms with E-state index in [1.807, 2.05) is 6.07 Å². The van der Waals surface area contributed by atoms with Crippen molar-refractivity contribution in [2.24, 2.45) is 5.92 Å². The molecule has 0 unspecified atom stereocenters. The van der Waals surface area contributed by atoms with Crippen LogP contribution in [0.15, 0.2) is 42.6 Å². The molecule has 0 saturated carbocycles. The summed E-state index contributed by atoms with van der Waals surface area (Å²) in [5, 5.41) is 16.1. The fourth-order valence-corrected chi connectivity index (χ4v) is 8.63. The van der Waals surface area contributed by atoms with E-state index in [-0.39, 0.29) is 22.6 Å². The highest BCUT2D eigenvalue weighted by Gasteiger charge is 2.31. The number of nitrogens with one attached hydrogen (secondary N) is 1. The quantitative estimate of drug-likeness (QED) is 0.223. The van der Waals surface area contributed by atoms with Crippen LogP contribution in [0.2, 0.25) is 0 Å². The molecule has 244 valence electrons. The Bertz CT molecular complexity index is 1900. The first-order valence-corrected chi connectivity index (χ1v) is 17.8. The van der Waals surface area contributed by atoms with Crippen molar-refractivity contribution < 1.29 is 21.6 Å². The van der Waals surface area contributed by atoms with Gasteiger partial charge in [-0.15, -0.1) is 11.3 Å². The van der Waals surface area contributed by atoms with E-state index in [0.717, 1.165) is 85.3 Å². The van der Waals surface area contributed by atoms with E-state index in [4.69, 9.17) is 0 Å². The molecule has 0 amide bonds. The maximum absolute atomic E-state index is 12.9. The van der Waals surface area contributed by atoms with Gasteiger partial charge in [-0.05, 0) is 55.0 Å². The molecule has 0 aliphatic carbocycles. The number of likely N-dealkylation sites (tertiary alicyclic amines) is 2. The molecule has 46 heavy (non-hydrogen) atoms. The number of alkyl halides is 3. The fraction of sp³-hybridized carbons (Fsp3) is 0.469. The molecule has 9 nitrogen and oxygen atoms in total. The number of fused-ring (bicyclic) bond motifs is 2. The number of hydrogen-bond acceptors (Lipinski definition) is 9. The summed E-state index contributed by atoms with van der Waals surface area (Å²) >= 11 is 1.06. The Morgan fingerprint density at radius 2 is 1.89 bits per heavy atom. The van der Waals surface area contributed by atoms with Crippen molar-refractivity contribution in [2.45, 2.75) is 51.5 Å². The van der Waals surface area contributed by atoms with E-state index in [2.05, 4.69) is 61.4 Å². The number of sulfone groups is 1. The minimum absolute atomic E-state index is 0.120. The molecule has 3 aromatic heterocycles. The summed E-state index contributed by atoms with van der Waals surface area (Å²) in [5.41, 5.74) is 4.00. The van der Waals surface area contributed by atoms with Gasteiger partial charge in [0, 0.05) is 73.0 Å². The number of aryl methyl sites for hydroxylation is 1. The monoisotopic (exact) mass is 671 g/mol. The summed E-state index contributed by atoms with van der Waals surface area (Å²) in [7, 11) is -3.20. The highest BCUT2D eigenvalue weighted by Crippen LogP contribution is 2.33. The Hall–Kier alpha value is -3.51. The highest BCUT2D eigenvalue weighted by molar-refractivity contribution is 7.94. The first kappa shape index (κ1) is 32.4. The minimum Gasteiger partial charge on any atom is -0.367 e. The average Bonchev–Trinajstić information content (AvgIpc) is 3.57. The largest absolute Gasteiger partial charge is 0.393 e. The highest BCUT2D eigenvalue weighted by atomic mass is 32.2. The maximum Gasteiger partial charge on any atom is 0.393 e. The van der Waals surface area contributed by atoms with E-state index >= 15 is 0 Å². The molecule has 2 aliphatic rings. The van der Waals surface area contributed by atoms with Crippen LogP contribution in [0.5, 0.6) is 0 Å². The Balaban J connectivity index is 1.05. The molecule has 14 heteroatoms. The van der Waals surface area contributed by atoms with Crippen LogP contribution in [-0.2, 0) is 29.3 Å². The first-order chi connectivity index (χ1) is 21.9. The summed E-state index contributed by atoms with van der Waals surface area (Å²) in [4.78, 5) is 13.9. The third-order valence-corrected chi connectivity index (χ3v) is 11.5. The number of benzene rings is 1. The molecule has 2 aliphatic heterocycles. The van der Waals surface area contributed by atoms with Crippen LogP contribution in [0.4, 0.5) is 19.0 Å². The fourth-order valence-electron chi connectivity index (χ4n) is 6.60. The molecule has 2 saturated heterocycles. The van der Waals surface area contributed by atoms with Crippen molar-refractivity contribution in [3.63, 3.8) is 0 Å². The first-order valence-electron chi connectivity index (χ1n) is 15.3. The molecule has 1 aromatic carbocycles. The van der Waals surface area contributed by atoms with Gasteiger partial charge in [0.2, 0.25) is 0 Å². The van der Waals surface area contributed by atoms with Crippen LogP contribution in [-0.4, -0.2) is 83.4 Å². The zero-order valence-electron chi connectivity index (χ0n) is 25.6. The van der Waals surface area contributed by atoms with Crippen molar-refractivity contribution >= 4 is 48.1 Å². The van der Waals surface area contributed by atoms with E-state index in [1.54, 1.807) is 6.07 Å². The van der Waals surface area contributed by atoms with Crippen LogP contribution in [0.3, 0.4) is 0 Å². The second-order valence-corrected chi connectivity index (χ2v) is 15.4. The molecule has 0 spiro atoms. The van der Waals surface area contributed by atoms with Crippen molar-refractivity contribution in [3.8, 4) is 6.07 Å². The zero-order chi connectivity index (χ0) is 32.6. The predicted molar refractivity (Wildman–Crippen MR) is 174 cm³/mol. The molecule has 4 aromatic rings. The number of halogens is 3. The van der Waals surface area contributed by atoms with Crippen molar-refractivity contribution in [2.75, 3.05) is 43.8 Å². The maximum atomic E-state index is 12.9. The van der Waals surface area contributed by atoms with Gasteiger partial charge in [0.05, 0.1) is 17.6 Å². The second kappa shape index (κ2) is 12.9. The van der Waals surface area contributed by atoms with Gasteiger partial charge in [0.1, 0.15) is 28.7 Å². The van der Waals surface area contributed by atoms with Crippen molar-refractivity contribution in [1.82, 2.24) is 24.3 Å². The molecule has 6 rings (SSSR count). The number of thiophene rings is 1. The molecular formula is C32H36F3N7O2S2. The van der Waals surface area contributed by atoms with Crippen LogP contribution in [0.25, 0.3) is 21.1 Å². The number of aromatic nitrogens is 3. The molecular weight excluding hydrogens is 636 g/mol. The number of anilines is 1. The molecule has 0 bridgehead atoms. The van der Waals surface area contributed by atoms with E-state index in [0.29, 0.717) is 28.3 Å². The summed E-state index contributed by atoms with van der Waals surface area (Å²) in [5.74, 6) is 0.839. The van der Waals surface area contributed by atoms with E-state index in [1.165, 1.54) is 11.9 Å². The predicted octanol–water partition coefficient (Wildman–Crippen LogP) is 5.50. The number of piperidine rings is 1. The van der Waals surface area contributed by atoms with Gasteiger partial charge in [-0.3, -0.25) is 4.90 Å². The molecule has 0 radical (unpaired) electrons. The number of rotatable bonds is 11. The van der Waals surface area contributed by atoms with Gasteiger partial charge in [-0.2, -0.15) is 18.4 Å². The molecule has 2 fully saturated rings. The average molecular weight is 672 g/mol. The standard InChI is InChI=1S/C32H36F3N7O2S2/c1-3-46(43,44)19-22-16-41(17-22)10-11-42-25(15-36)12-27-21(2)23(4-5-29(27)42)18-40-8-6-24(7-9-40)39-30-28-13-26(14-32(33,34)35)45-31(28)38-20-37-30/h3-5,12-13,20,22,24H,1,6-11,14,16-19H2,2H3,(H,37,38,39). The van der Waals surface area contributed by atoms with E-state index < -0.39 is 22.4 Å². The van der Waals surface area contributed by atoms with Crippen LogP contribution in [0.1, 0.15) is 34.5 Å². The lowest BCUT2D eigenvalue weighted by Gasteiger charge is -2.39. The summed E-state index contributed by atoms with van der Waals surface area (Å²) in [6, 6.07) is 10.3. The summed E-state index contributed by atoms with van der Waals surface area (Å²) in [6.45, 7) is 10.9. The topological polar surface area (TPSA) is 107 Å². The van der Waals surface area contributed by atoms with Crippen LogP contribution in [0, 0.1) is 24.2 Å². The smallest absolute Gasteiger partial charge is 0.367 e. The Morgan fingerprint density at radius 3 is 2.59 bits per heavy atom. The Kier molecular flexibility index (Phi) is 9.13. The number of nitrogens with zero attached hydrogens (tertiary/aromatic N) is 6. The second-order valence-electron chi connectivity index (χ2n) is 12.3. The van der Waals surface area contributed by atoms with Gasteiger partial charge in [0.25, 0.3) is 0 Å². The third kappa shape index (κ3) is 7.22. The van der Waals surface area contributed by atoms with Crippen LogP contribution < -0.4 is 5.32 Å². The van der Waals surface area contributed by atoms with Gasteiger partial charge >= 0.3 is 6.18 Å². The minimum atomic E-state index is -4.26. The van der Waals surface area contributed by atoms with Crippen molar-refractivity contribution in [1.29, 1.82) is 5.26 Å². The summed E-state index contributed by atoms with van der Waals surface area (Å²) < 4.78 is 64.4. The summed E-state index contributed by atoms with van der Waals surface area (Å²) in [6.07, 6.45) is -2.08. The lowest BCUT2D eigenvalue weighted by atomic mass is 10.0. The molecule has 1 N–H and O–H groups in total. The SMILES string of the molecule is C=CS(=O)(=O)CC1CN(CCn2c(C#N)cc3c(C)c(CN4CCC(Nc5ncnc6sc(CC(F)(F)F)cc56)CC4)ccc32)C1. The van der Waals surface area contributed by atoms with Crippen LogP contribution >= 0.6 is 11.3 Å². The van der Waals surface area contributed by atoms with Gasteiger partial charge in [0.15, 0.2) is 9.84 Å². The Labute approximate surface area is 270 Å². The molecule has 0 atom stereocenters. The lowest BCUT2D eigenvalue weighted by Crippen LogP contribution is -2.50. The van der Waals surface area contributed by atoms with Crippen molar-refractivity contribution in [3.05, 3.63) is 64.3 Å². The number of nitriles is 1. The molecule has 5 heterocycles. The van der Waals surface area contributed by atoms with E-state index in [9.17, 15) is 26.9 Å². The zero-order valence-corrected chi connectivity index (χ0v) is 27.2. The van der Waals surface area contributed by atoms with Gasteiger partial charge < -0.3 is 14.8 Å². The lowest BCUT2D eigenvalue weighted by molar-refractivity contribution is -0.126. The number of hydrogen-bond donors (Lipinski definition) is 1. The normalized spacial score (nSPS) is 17.4. The van der Waals surface area contributed by atoms with Gasteiger partial charge in [-0.25, -0.2) is 18.4 Å².